The van der Waals surface area contributed by atoms with Gasteiger partial charge in [-0.3, -0.25) is 4.79 Å². The summed E-state index contributed by atoms with van der Waals surface area (Å²) < 4.78 is 43.5. The molecular formula is C16H13ClF3NO2. The normalized spacial score (nSPS) is 11.2. The molecule has 0 saturated heterocycles. The van der Waals surface area contributed by atoms with E-state index in [-0.39, 0.29) is 12.3 Å². The Hall–Kier alpha value is -2.21. The first-order chi connectivity index (χ1) is 10.8. The molecule has 7 heteroatoms. The monoisotopic (exact) mass is 343 g/mol. The van der Waals surface area contributed by atoms with Crippen molar-refractivity contribution in [2.45, 2.75) is 13.1 Å². The number of benzene rings is 2. The smallest absolute Gasteiger partial charge is 0.417 e. The Balaban J connectivity index is 1.99. The fourth-order valence-corrected chi connectivity index (χ4v) is 2.03. The third kappa shape index (κ3) is 4.89. The Morgan fingerprint density at radius 1 is 1.17 bits per heavy atom. The molecule has 0 aliphatic carbocycles. The number of carbonyl (C=O) groups is 1. The summed E-state index contributed by atoms with van der Waals surface area (Å²) in [6.07, 6.45) is -4.59. The number of amides is 1. The van der Waals surface area contributed by atoms with E-state index in [1.807, 2.05) is 19.1 Å². The predicted octanol–water partition coefficient (Wildman–Crippen LogP) is 4.68. The molecule has 3 nitrogen and oxygen atoms in total. The maximum absolute atomic E-state index is 12.7. The molecule has 1 amide bonds. The number of anilines is 1. The van der Waals surface area contributed by atoms with Gasteiger partial charge in [-0.15, -0.1) is 0 Å². The van der Waals surface area contributed by atoms with Gasteiger partial charge in [-0.05, 0) is 37.3 Å². The first-order valence-corrected chi connectivity index (χ1v) is 6.99. The Kier molecular flexibility index (Phi) is 5.15. The van der Waals surface area contributed by atoms with Gasteiger partial charge in [-0.1, -0.05) is 29.3 Å². The van der Waals surface area contributed by atoms with Gasteiger partial charge in [0.1, 0.15) is 5.75 Å². The number of carbonyl (C=O) groups excluding carboxylic acids is 1. The van der Waals surface area contributed by atoms with E-state index in [4.69, 9.17) is 16.3 Å². The average Bonchev–Trinajstić information content (AvgIpc) is 2.47. The SMILES string of the molecule is Cc1ccc(OCC(=O)Nc2ccc(Cl)c(C(F)(F)F)c2)cc1. The van der Waals surface area contributed by atoms with Gasteiger partial charge in [0.15, 0.2) is 6.61 Å². The van der Waals surface area contributed by atoms with Crippen LogP contribution in [0.1, 0.15) is 11.1 Å². The van der Waals surface area contributed by atoms with Crippen LogP contribution >= 0.6 is 11.6 Å². The van der Waals surface area contributed by atoms with Crippen molar-refractivity contribution in [1.29, 1.82) is 0 Å². The van der Waals surface area contributed by atoms with Crippen LogP contribution < -0.4 is 10.1 Å². The van der Waals surface area contributed by atoms with E-state index in [0.717, 1.165) is 17.7 Å². The number of alkyl halides is 3. The maximum Gasteiger partial charge on any atom is 0.417 e. The lowest BCUT2D eigenvalue weighted by atomic mass is 10.2. The molecule has 0 radical (unpaired) electrons. The number of hydrogen-bond acceptors (Lipinski definition) is 2. The van der Waals surface area contributed by atoms with Crippen LogP contribution in [-0.2, 0) is 11.0 Å². The van der Waals surface area contributed by atoms with E-state index >= 15 is 0 Å². The summed E-state index contributed by atoms with van der Waals surface area (Å²) in [5.74, 6) is -0.0705. The minimum absolute atomic E-state index is 0.000712. The highest BCUT2D eigenvalue weighted by Crippen LogP contribution is 2.36. The number of aryl methyl sites for hydroxylation is 1. The van der Waals surface area contributed by atoms with E-state index in [2.05, 4.69) is 5.32 Å². The number of halogens is 4. The maximum atomic E-state index is 12.7. The predicted molar refractivity (Wildman–Crippen MR) is 81.8 cm³/mol. The van der Waals surface area contributed by atoms with Crippen molar-refractivity contribution in [3.8, 4) is 5.75 Å². The van der Waals surface area contributed by atoms with Gasteiger partial charge < -0.3 is 10.1 Å². The summed E-state index contributed by atoms with van der Waals surface area (Å²) in [7, 11) is 0. The van der Waals surface area contributed by atoms with E-state index in [1.165, 1.54) is 6.07 Å². The van der Waals surface area contributed by atoms with Crippen molar-refractivity contribution >= 4 is 23.2 Å². The molecule has 0 unspecified atom stereocenters. The van der Waals surface area contributed by atoms with Crippen LogP contribution in [0, 0.1) is 6.92 Å². The van der Waals surface area contributed by atoms with Crippen molar-refractivity contribution < 1.29 is 22.7 Å². The summed E-state index contributed by atoms with van der Waals surface area (Å²) in [5.41, 5.74) is 0.0401. The van der Waals surface area contributed by atoms with Crippen molar-refractivity contribution in [3.63, 3.8) is 0 Å². The van der Waals surface area contributed by atoms with Gasteiger partial charge in [0, 0.05) is 5.69 Å². The molecule has 2 rings (SSSR count). The molecule has 122 valence electrons. The Morgan fingerprint density at radius 3 is 2.43 bits per heavy atom. The molecule has 0 spiro atoms. The molecule has 0 heterocycles. The highest BCUT2D eigenvalue weighted by atomic mass is 35.5. The van der Waals surface area contributed by atoms with Gasteiger partial charge >= 0.3 is 6.18 Å². The molecule has 0 fully saturated rings. The molecule has 0 saturated carbocycles. The molecule has 1 N–H and O–H groups in total. The first-order valence-electron chi connectivity index (χ1n) is 6.62. The Labute approximate surface area is 136 Å². The molecule has 23 heavy (non-hydrogen) atoms. The van der Waals surface area contributed by atoms with Crippen LogP contribution in [0.5, 0.6) is 5.75 Å². The third-order valence-electron chi connectivity index (χ3n) is 2.95. The van der Waals surface area contributed by atoms with Crippen LogP contribution in [0.3, 0.4) is 0 Å². The number of nitrogens with one attached hydrogen (secondary N) is 1. The second kappa shape index (κ2) is 6.91. The minimum atomic E-state index is -4.59. The molecule has 0 atom stereocenters. The fraction of sp³-hybridized carbons (Fsp3) is 0.188. The van der Waals surface area contributed by atoms with Crippen LogP contribution in [0.2, 0.25) is 5.02 Å². The molecule has 2 aromatic rings. The van der Waals surface area contributed by atoms with Gasteiger partial charge in [-0.25, -0.2) is 0 Å². The highest BCUT2D eigenvalue weighted by Gasteiger charge is 2.33. The zero-order valence-corrected chi connectivity index (χ0v) is 12.8. The molecular weight excluding hydrogens is 331 g/mol. The largest absolute Gasteiger partial charge is 0.484 e. The van der Waals surface area contributed by atoms with Crippen molar-refractivity contribution in [3.05, 3.63) is 58.6 Å². The summed E-state index contributed by atoms with van der Waals surface area (Å²) in [4.78, 5) is 11.7. The van der Waals surface area contributed by atoms with Crippen molar-refractivity contribution in [2.75, 3.05) is 11.9 Å². The zero-order valence-electron chi connectivity index (χ0n) is 12.1. The lowest BCUT2D eigenvalue weighted by Gasteiger charge is -2.12. The Bertz CT molecular complexity index is 699. The minimum Gasteiger partial charge on any atom is -0.484 e. The molecule has 0 aliphatic heterocycles. The number of hydrogen-bond donors (Lipinski definition) is 1. The summed E-state index contributed by atoms with van der Waals surface area (Å²) in [5, 5.41) is 1.92. The standard InChI is InChI=1S/C16H13ClF3NO2/c1-10-2-5-12(6-3-10)23-9-15(22)21-11-4-7-14(17)13(8-11)16(18,19)20/h2-8H,9H2,1H3,(H,21,22). The van der Waals surface area contributed by atoms with Crippen molar-refractivity contribution in [2.24, 2.45) is 0 Å². The lowest BCUT2D eigenvalue weighted by molar-refractivity contribution is -0.137. The molecule has 0 aromatic heterocycles. The second-order valence-electron chi connectivity index (χ2n) is 4.84. The zero-order chi connectivity index (χ0) is 17.0. The van der Waals surface area contributed by atoms with Gasteiger partial charge in [0.25, 0.3) is 5.91 Å². The highest BCUT2D eigenvalue weighted by molar-refractivity contribution is 6.31. The van der Waals surface area contributed by atoms with Crippen LogP contribution in [0.4, 0.5) is 18.9 Å². The summed E-state index contributed by atoms with van der Waals surface area (Å²) in [6.45, 7) is 1.60. The van der Waals surface area contributed by atoms with E-state index in [0.29, 0.717) is 5.75 Å². The summed E-state index contributed by atoms with van der Waals surface area (Å²) >= 11 is 5.51. The van der Waals surface area contributed by atoms with E-state index < -0.39 is 22.7 Å². The Morgan fingerprint density at radius 2 is 1.83 bits per heavy atom. The van der Waals surface area contributed by atoms with Crippen LogP contribution in [-0.4, -0.2) is 12.5 Å². The molecule has 0 aliphatic rings. The number of rotatable bonds is 4. The molecule has 0 bridgehead atoms. The van der Waals surface area contributed by atoms with E-state index in [1.54, 1.807) is 12.1 Å². The van der Waals surface area contributed by atoms with Crippen LogP contribution in [0.15, 0.2) is 42.5 Å². The molecule has 2 aromatic carbocycles. The summed E-state index contributed by atoms with van der Waals surface area (Å²) in [6, 6.07) is 10.2. The van der Waals surface area contributed by atoms with Gasteiger partial charge in [0.05, 0.1) is 10.6 Å². The third-order valence-corrected chi connectivity index (χ3v) is 3.28. The van der Waals surface area contributed by atoms with Crippen LogP contribution in [0.25, 0.3) is 0 Å². The first kappa shape index (κ1) is 17.1. The van der Waals surface area contributed by atoms with Crippen molar-refractivity contribution in [1.82, 2.24) is 0 Å². The van der Waals surface area contributed by atoms with Gasteiger partial charge in [-0.2, -0.15) is 13.2 Å². The second-order valence-corrected chi connectivity index (χ2v) is 5.25. The topological polar surface area (TPSA) is 38.3 Å². The average molecular weight is 344 g/mol. The van der Waals surface area contributed by atoms with E-state index in [9.17, 15) is 18.0 Å². The lowest BCUT2D eigenvalue weighted by Crippen LogP contribution is -2.20. The quantitative estimate of drug-likeness (QED) is 0.875. The number of ether oxygens (including phenoxy) is 1. The fourth-order valence-electron chi connectivity index (χ4n) is 1.80. The van der Waals surface area contributed by atoms with Gasteiger partial charge in [0.2, 0.25) is 0 Å².